The zero-order chi connectivity index (χ0) is 23.0. The molecule has 3 saturated heterocycles. The number of carbonyl (C=O) groups is 1. The van der Waals surface area contributed by atoms with E-state index in [0.717, 1.165) is 57.5 Å². The molecule has 3 heterocycles. The number of fused-ring (bicyclic) bond motifs is 4. The number of carbonyl (C=O) groups excluding carboxylic acids is 1. The summed E-state index contributed by atoms with van der Waals surface area (Å²) in [7, 11) is 1.69. The van der Waals surface area contributed by atoms with E-state index < -0.39 is 0 Å². The molecule has 1 unspecified atom stereocenters. The lowest BCUT2D eigenvalue weighted by atomic mass is 9.76. The summed E-state index contributed by atoms with van der Waals surface area (Å²) in [6.45, 7) is 7.67. The second kappa shape index (κ2) is 9.02. The summed E-state index contributed by atoms with van der Waals surface area (Å²) in [5.41, 5.74) is 4.97. The number of ether oxygens (including phenoxy) is 2. The van der Waals surface area contributed by atoms with Gasteiger partial charge in [-0.25, -0.2) is 4.79 Å². The number of amides is 1. The third-order valence-electron chi connectivity index (χ3n) is 8.56. The predicted molar refractivity (Wildman–Crippen MR) is 130 cm³/mol. The average molecular weight is 449 g/mol. The van der Waals surface area contributed by atoms with Crippen LogP contribution in [0.25, 0.3) is 11.1 Å². The van der Waals surface area contributed by atoms with Gasteiger partial charge in [0.2, 0.25) is 0 Å². The van der Waals surface area contributed by atoms with Gasteiger partial charge in [-0.1, -0.05) is 44.2 Å². The van der Waals surface area contributed by atoms with E-state index >= 15 is 0 Å². The van der Waals surface area contributed by atoms with E-state index in [1.807, 2.05) is 12.1 Å². The number of nitrogens with zero attached hydrogens (tertiary/aromatic N) is 1. The molecule has 1 aliphatic carbocycles. The Balaban J connectivity index is 1.36. The minimum Gasteiger partial charge on any atom is -0.497 e. The molecule has 0 aromatic heterocycles. The van der Waals surface area contributed by atoms with E-state index in [0.29, 0.717) is 5.92 Å². The number of benzene rings is 2. The van der Waals surface area contributed by atoms with Gasteiger partial charge in [0, 0.05) is 6.54 Å². The van der Waals surface area contributed by atoms with E-state index in [1.54, 1.807) is 7.11 Å². The highest BCUT2D eigenvalue weighted by molar-refractivity contribution is 5.70. The molecule has 2 aromatic rings. The minimum absolute atomic E-state index is 0.0130. The van der Waals surface area contributed by atoms with Crippen LogP contribution in [0.5, 0.6) is 5.75 Å². The van der Waals surface area contributed by atoms with Crippen molar-refractivity contribution in [2.24, 2.45) is 11.3 Å². The van der Waals surface area contributed by atoms with Gasteiger partial charge >= 0.3 is 6.09 Å². The maximum atomic E-state index is 13.1. The summed E-state index contributed by atoms with van der Waals surface area (Å²) in [4.78, 5) is 15.5. The van der Waals surface area contributed by atoms with Crippen LogP contribution in [0.3, 0.4) is 0 Å². The Labute approximate surface area is 197 Å². The van der Waals surface area contributed by atoms with Crippen LogP contribution in [0.4, 0.5) is 4.79 Å². The number of rotatable bonds is 6. The third-order valence-corrected chi connectivity index (χ3v) is 8.56. The van der Waals surface area contributed by atoms with Crippen molar-refractivity contribution in [2.75, 3.05) is 26.7 Å². The van der Waals surface area contributed by atoms with Gasteiger partial charge in [-0.2, -0.15) is 0 Å². The first kappa shape index (κ1) is 22.3. The Hall–Kier alpha value is -2.53. The molecule has 0 saturated carbocycles. The number of alkyl carbamates (subject to hydrolysis) is 1. The Kier molecular flexibility index (Phi) is 6.09. The van der Waals surface area contributed by atoms with E-state index in [9.17, 15) is 4.79 Å². The highest BCUT2D eigenvalue weighted by Gasteiger charge is 2.45. The fraction of sp³-hybridized carbons (Fsp3) is 0.536. The van der Waals surface area contributed by atoms with E-state index in [2.05, 4.69) is 54.4 Å². The summed E-state index contributed by atoms with van der Waals surface area (Å²) in [6.07, 6.45) is 5.07. The molecule has 2 bridgehead atoms. The molecule has 5 heteroatoms. The first-order valence-corrected chi connectivity index (χ1v) is 12.5. The van der Waals surface area contributed by atoms with Gasteiger partial charge in [-0.3, -0.25) is 4.90 Å². The molecule has 33 heavy (non-hydrogen) atoms. The summed E-state index contributed by atoms with van der Waals surface area (Å²) in [6, 6.07) is 14.9. The molecular weight excluding hydrogens is 412 g/mol. The van der Waals surface area contributed by atoms with E-state index in [-0.39, 0.29) is 23.7 Å². The Morgan fingerprint density at radius 1 is 1.06 bits per heavy atom. The van der Waals surface area contributed by atoms with Crippen molar-refractivity contribution in [1.29, 1.82) is 0 Å². The van der Waals surface area contributed by atoms with Gasteiger partial charge in [-0.15, -0.1) is 0 Å². The monoisotopic (exact) mass is 448 g/mol. The molecule has 3 aliphatic heterocycles. The topological polar surface area (TPSA) is 50.8 Å². The number of methoxy groups -OCH3 is 1. The average Bonchev–Trinajstić information content (AvgIpc) is 3.17. The molecule has 0 spiro atoms. The van der Waals surface area contributed by atoms with Crippen LogP contribution in [0.2, 0.25) is 0 Å². The van der Waals surface area contributed by atoms with E-state index in [4.69, 9.17) is 9.47 Å². The largest absolute Gasteiger partial charge is 0.497 e. The molecule has 0 radical (unpaired) electrons. The zero-order valence-electron chi connectivity index (χ0n) is 20.1. The standard InChI is InChI=1S/C28H36N2O3/c1-4-28(5-2)17-22-16-21(19-6-9-23(32-3)10-7-19)8-11-24(22)26(28)29-27(31)33-25-18-30-14-12-20(25)13-15-30/h6-11,16,20,25-26H,4-5,12-15,17-18H2,1-3H3,(H,29,31)/t25-,26?/m0/s1. The lowest BCUT2D eigenvalue weighted by Gasteiger charge is -2.44. The lowest BCUT2D eigenvalue weighted by Crippen LogP contribution is -2.53. The van der Waals surface area contributed by atoms with Gasteiger partial charge in [0.1, 0.15) is 11.9 Å². The van der Waals surface area contributed by atoms with Crippen molar-refractivity contribution in [1.82, 2.24) is 10.2 Å². The molecule has 1 amide bonds. The van der Waals surface area contributed by atoms with Crippen molar-refractivity contribution in [3.8, 4) is 16.9 Å². The maximum Gasteiger partial charge on any atom is 0.407 e. The smallest absolute Gasteiger partial charge is 0.407 e. The van der Waals surface area contributed by atoms with Crippen LogP contribution >= 0.6 is 0 Å². The van der Waals surface area contributed by atoms with Crippen molar-refractivity contribution in [2.45, 2.75) is 58.1 Å². The Bertz CT molecular complexity index is 991. The zero-order valence-corrected chi connectivity index (χ0v) is 20.1. The van der Waals surface area contributed by atoms with Crippen LogP contribution in [-0.2, 0) is 11.2 Å². The molecule has 3 fully saturated rings. The second-order valence-corrected chi connectivity index (χ2v) is 10.0. The summed E-state index contributed by atoms with van der Waals surface area (Å²) in [5.74, 6) is 1.38. The van der Waals surface area contributed by atoms with E-state index in [1.165, 1.54) is 22.3 Å². The summed E-state index contributed by atoms with van der Waals surface area (Å²) < 4.78 is 11.3. The number of nitrogens with one attached hydrogen (secondary N) is 1. The maximum absolute atomic E-state index is 13.1. The summed E-state index contributed by atoms with van der Waals surface area (Å²) in [5, 5.41) is 3.31. The van der Waals surface area contributed by atoms with Crippen molar-refractivity contribution in [3.63, 3.8) is 0 Å². The molecule has 1 N–H and O–H groups in total. The number of piperidine rings is 3. The fourth-order valence-corrected chi connectivity index (χ4v) is 6.29. The van der Waals surface area contributed by atoms with Gasteiger partial charge < -0.3 is 14.8 Å². The first-order chi connectivity index (χ1) is 16.0. The molecule has 2 atom stereocenters. The van der Waals surface area contributed by atoms with Crippen LogP contribution in [0.1, 0.15) is 56.7 Å². The van der Waals surface area contributed by atoms with Crippen molar-refractivity contribution in [3.05, 3.63) is 53.6 Å². The highest BCUT2D eigenvalue weighted by atomic mass is 16.6. The van der Waals surface area contributed by atoms with Crippen LogP contribution in [0, 0.1) is 11.3 Å². The first-order valence-electron chi connectivity index (χ1n) is 12.5. The van der Waals surface area contributed by atoms with Gasteiger partial charge in [-0.05, 0) is 90.9 Å². The minimum atomic E-state index is -0.253. The number of hydrogen-bond acceptors (Lipinski definition) is 4. The second-order valence-electron chi connectivity index (χ2n) is 10.0. The molecule has 5 nitrogen and oxygen atoms in total. The molecular formula is C28H36N2O3. The predicted octanol–water partition coefficient (Wildman–Crippen LogP) is 5.59. The van der Waals surface area contributed by atoms with Gasteiger partial charge in [0.15, 0.2) is 0 Å². The third kappa shape index (κ3) is 4.12. The highest BCUT2D eigenvalue weighted by Crippen LogP contribution is 2.51. The molecule has 6 rings (SSSR count). The molecule has 176 valence electrons. The normalized spacial score (nSPS) is 27.1. The number of hydrogen-bond donors (Lipinski definition) is 1. The van der Waals surface area contributed by atoms with Crippen molar-refractivity contribution < 1.29 is 14.3 Å². The van der Waals surface area contributed by atoms with Gasteiger partial charge in [0.25, 0.3) is 0 Å². The SMILES string of the molecule is CCC1(CC)Cc2cc(-c3ccc(OC)cc3)ccc2C1NC(=O)O[C@H]1CN2CCC1CC2. The quantitative estimate of drug-likeness (QED) is 0.626. The van der Waals surface area contributed by atoms with Gasteiger partial charge in [0.05, 0.1) is 13.2 Å². The Morgan fingerprint density at radius 3 is 2.36 bits per heavy atom. The fourth-order valence-electron chi connectivity index (χ4n) is 6.29. The van der Waals surface area contributed by atoms with Crippen molar-refractivity contribution >= 4 is 6.09 Å². The van der Waals surface area contributed by atoms with Crippen LogP contribution in [0.15, 0.2) is 42.5 Å². The van der Waals surface area contributed by atoms with Crippen LogP contribution < -0.4 is 10.1 Å². The Morgan fingerprint density at radius 2 is 1.76 bits per heavy atom. The lowest BCUT2D eigenvalue weighted by molar-refractivity contribution is -0.0353. The molecule has 4 aliphatic rings. The molecule has 2 aromatic carbocycles. The summed E-state index contributed by atoms with van der Waals surface area (Å²) >= 11 is 0. The van der Waals surface area contributed by atoms with Crippen LogP contribution in [-0.4, -0.2) is 43.8 Å².